The van der Waals surface area contributed by atoms with E-state index in [0.29, 0.717) is 30.1 Å². The molecule has 2 aromatic carbocycles. The molecule has 6 heteroatoms. The SMILES string of the molecule is CC1=CCc2c(cc(O)c3c2O[C@H](c2ccc(O)c(O)c2)CC3=O)OC1. The molecule has 0 fully saturated rings. The maximum atomic E-state index is 12.7. The van der Waals surface area contributed by atoms with Gasteiger partial charge in [-0.05, 0) is 36.6 Å². The molecule has 0 amide bonds. The van der Waals surface area contributed by atoms with Crippen molar-refractivity contribution in [1.82, 2.24) is 0 Å². The van der Waals surface area contributed by atoms with E-state index < -0.39 is 6.10 Å². The van der Waals surface area contributed by atoms with Crippen molar-refractivity contribution in [3.05, 3.63) is 52.6 Å². The second kappa shape index (κ2) is 5.98. The molecular weight excluding hydrogens is 336 g/mol. The Hall–Kier alpha value is -3.15. The maximum Gasteiger partial charge on any atom is 0.174 e. The summed E-state index contributed by atoms with van der Waals surface area (Å²) in [5, 5.41) is 29.5. The summed E-state index contributed by atoms with van der Waals surface area (Å²) >= 11 is 0. The number of carbonyl (C=O) groups is 1. The number of carbonyl (C=O) groups excluding carboxylic acids is 1. The van der Waals surface area contributed by atoms with Gasteiger partial charge in [0.25, 0.3) is 0 Å². The summed E-state index contributed by atoms with van der Waals surface area (Å²) in [6.07, 6.45) is 1.94. The average molecular weight is 354 g/mol. The summed E-state index contributed by atoms with van der Waals surface area (Å²) < 4.78 is 11.8. The minimum absolute atomic E-state index is 0.0271. The van der Waals surface area contributed by atoms with Crippen LogP contribution in [0.15, 0.2) is 35.9 Å². The molecule has 2 heterocycles. The summed E-state index contributed by atoms with van der Waals surface area (Å²) in [5.74, 6) is -0.0988. The minimum atomic E-state index is -0.624. The Balaban J connectivity index is 1.81. The molecule has 3 N–H and O–H groups in total. The number of rotatable bonds is 1. The first-order valence-electron chi connectivity index (χ1n) is 8.33. The third-order valence-corrected chi connectivity index (χ3v) is 4.71. The Labute approximate surface area is 149 Å². The molecule has 0 bridgehead atoms. The molecule has 0 saturated heterocycles. The molecule has 26 heavy (non-hydrogen) atoms. The van der Waals surface area contributed by atoms with Crippen LogP contribution in [0.2, 0.25) is 0 Å². The molecular formula is C20H18O6. The Morgan fingerprint density at radius 3 is 2.65 bits per heavy atom. The molecule has 4 rings (SSSR count). The van der Waals surface area contributed by atoms with E-state index in [1.165, 1.54) is 18.2 Å². The van der Waals surface area contributed by atoms with Crippen LogP contribution in [0.3, 0.4) is 0 Å². The van der Waals surface area contributed by atoms with Crippen LogP contribution < -0.4 is 9.47 Å². The zero-order valence-electron chi connectivity index (χ0n) is 14.2. The fourth-order valence-corrected chi connectivity index (χ4v) is 3.29. The second-order valence-electron chi connectivity index (χ2n) is 6.60. The highest BCUT2D eigenvalue weighted by Crippen LogP contribution is 2.47. The summed E-state index contributed by atoms with van der Waals surface area (Å²) in [6.45, 7) is 2.36. The highest BCUT2D eigenvalue weighted by atomic mass is 16.5. The van der Waals surface area contributed by atoms with Crippen molar-refractivity contribution in [3.63, 3.8) is 0 Å². The van der Waals surface area contributed by atoms with Crippen LogP contribution in [0, 0.1) is 0 Å². The first kappa shape index (κ1) is 16.3. The highest BCUT2D eigenvalue weighted by Gasteiger charge is 2.34. The van der Waals surface area contributed by atoms with E-state index in [1.54, 1.807) is 6.07 Å². The van der Waals surface area contributed by atoms with E-state index in [2.05, 4.69) is 0 Å². The molecule has 1 atom stereocenters. The number of allylic oxidation sites excluding steroid dienone is 1. The molecule has 2 aliphatic heterocycles. The van der Waals surface area contributed by atoms with Crippen LogP contribution in [-0.2, 0) is 6.42 Å². The molecule has 134 valence electrons. The largest absolute Gasteiger partial charge is 0.507 e. The van der Waals surface area contributed by atoms with Gasteiger partial charge in [-0.1, -0.05) is 12.1 Å². The average Bonchev–Trinajstić information content (AvgIpc) is 2.79. The van der Waals surface area contributed by atoms with Crippen LogP contribution in [0.1, 0.15) is 40.9 Å². The number of ketones is 1. The number of fused-ring (bicyclic) bond motifs is 3. The number of phenolic OH excluding ortho intramolecular Hbond substituents is 3. The first-order valence-corrected chi connectivity index (χ1v) is 8.33. The fourth-order valence-electron chi connectivity index (χ4n) is 3.29. The summed E-state index contributed by atoms with van der Waals surface area (Å²) in [6, 6.07) is 5.79. The van der Waals surface area contributed by atoms with Crippen LogP contribution in [-0.4, -0.2) is 27.7 Å². The van der Waals surface area contributed by atoms with Gasteiger partial charge >= 0.3 is 0 Å². The lowest BCUT2D eigenvalue weighted by atomic mass is 9.92. The van der Waals surface area contributed by atoms with Crippen molar-refractivity contribution in [2.45, 2.75) is 25.9 Å². The van der Waals surface area contributed by atoms with Gasteiger partial charge < -0.3 is 24.8 Å². The molecule has 0 saturated carbocycles. The lowest BCUT2D eigenvalue weighted by Gasteiger charge is -2.28. The number of phenols is 3. The van der Waals surface area contributed by atoms with E-state index in [-0.39, 0.29) is 35.0 Å². The smallest absolute Gasteiger partial charge is 0.174 e. The van der Waals surface area contributed by atoms with Crippen molar-refractivity contribution in [1.29, 1.82) is 0 Å². The fraction of sp³-hybridized carbons (Fsp3) is 0.250. The first-order chi connectivity index (χ1) is 12.4. The summed E-state index contributed by atoms with van der Waals surface area (Å²) in [5.41, 5.74) is 2.50. The van der Waals surface area contributed by atoms with Gasteiger partial charge in [0.05, 0.1) is 6.42 Å². The number of aromatic hydroxyl groups is 3. The molecule has 6 nitrogen and oxygen atoms in total. The van der Waals surface area contributed by atoms with Gasteiger partial charge in [-0.3, -0.25) is 4.79 Å². The van der Waals surface area contributed by atoms with Crippen LogP contribution in [0.5, 0.6) is 28.7 Å². The van der Waals surface area contributed by atoms with Crippen LogP contribution in [0.4, 0.5) is 0 Å². The summed E-state index contributed by atoms with van der Waals surface area (Å²) in [7, 11) is 0. The van der Waals surface area contributed by atoms with Crippen molar-refractivity contribution in [2.75, 3.05) is 6.61 Å². The van der Waals surface area contributed by atoms with Gasteiger partial charge in [-0.2, -0.15) is 0 Å². The number of ether oxygens (including phenoxy) is 2. The second-order valence-corrected chi connectivity index (χ2v) is 6.60. The quantitative estimate of drug-likeness (QED) is 0.537. The van der Waals surface area contributed by atoms with Crippen LogP contribution in [0.25, 0.3) is 0 Å². The van der Waals surface area contributed by atoms with E-state index >= 15 is 0 Å². The third kappa shape index (κ3) is 2.63. The number of hydrogen-bond donors (Lipinski definition) is 3. The number of Topliss-reactive ketones (excluding diaryl/α,β-unsaturated/α-hetero) is 1. The van der Waals surface area contributed by atoms with Crippen molar-refractivity contribution in [2.24, 2.45) is 0 Å². The van der Waals surface area contributed by atoms with E-state index in [1.807, 2.05) is 13.0 Å². The summed E-state index contributed by atoms with van der Waals surface area (Å²) in [4.78, 5) is 12.7. The lowest BCUT2D eigenvalue weighted by Crippen LogP contribution is -2.22. The minimum Gasteiger partial charge on any atom is -0.507 e. The number of benzene rings is 2. The van der Waals surface area contributed by atoms with E-state index in [9.17, 15) is 20.1 Å². The molecule has 2 aromatic rings. The van der Waals surface area contributed by atoms with Crippen molar-refractivity contribution < 1.29 is 29.6 Å². The predicted molar refractivity (Wildman–Crippen MR) is 93.2 cm³/mol. The topological polar surface area (TPSA) is 96.2 Å². The van der Waals surface area contributed by atoms with Crippen LogP contribution >= 0.6 is 0 Å². The Morgan fingerprint density at radius 1 is 1.08 bits per heavy atom. The standard InChI is InChI=1S/C20H18O6/c1-10-2-4-12-18(25-9-10)8-16(24)19-15(23)7-17(26-20(12)19)11-3-5-13(21)14(22)6-11/h2-3,5-6,8,17,21-22,24H,4,7,9H2,1H3/t17-/m0/s1. The monoisotopic (exact) mass is 354 g/mol. The molecule has 0 radical (unpaired) electrons. The van der Waals surface area contributed by atoms with Gasteiger partial charge in [0, 0.05) is 11.6 Å². The lowest BCUT2D eigenvalue weighted by molar-refractivity contribution is 0.0842. The predicted octanol–water partition coefficient (Wildman–Crippen LogP) is 3.39. The van der Waals surface area contributed by atoms with E-state index in [4.69, 9.17) is 9.47 Å². The zero-order valence-corrected chi connectivity index (χ0v) is 14.2. The molecule has 0 aliphatic carbocycles. The number of hydrogen-bond acceptors (Lipinski definition) is 6. The molecule has 2 aliphatic rings. The van der Waals surface area contributed by atoms with E-state index in [0.717, 1.165) is 11.1 Å². The van der Waals surface area contributed by atoms with Crippen molar-refractivity contribution >= 4 is 5.78 Å². The van der Waals surface area contributed by atoms with Gasteiger partial charge in [-0.25, -0.2) is 0 Å². The Kier molecular flexibility index (Phi) is 3.76. The van der Waals surface area contributed by atoms with Gasteiger partial charge in [0.15, 0.2) is 17.3 Å². The third-order valence-electron chi connectivity index (χ3n) is 4.71. The molecule has 0 aromatic heterocycles. The highest BCUT2D eigenvalue weighted by molar-refractivity contribution is 6.03. The Bertz CT molecular complexity index is 944. The van der Waals surface area contributed by atoms with Gasteiger partial charge in [0.1, 0.15) is 35.5 Å². The molecule has 0 spiro atoms. The van der Waals surface area contributed by atoms with Gasteiger partial charge in [0.2, 0.25) is 0 Å². The Morgan fingerprint density at radius 2 is 1.88 bits per heavy atom. The van der Waals surface area contributed by atoms with Gasteiger partial charge in [-0.15, -0.1) is 0 Å². The maximum absolute atomic E-state index is 12.7. The zero-order chi connectivity index (χ0) is 18.4. The van der Waals surface area contributed by atoms with Crippen molar-refractivity contribution in [3.8, 4) is 28.7 Å². The molecule has 0 unspecified atom stereocenters. The normalized spacial score (nSPS) is 18.7.